The van der Waals surface area contributed by atoms with Crippen molar-refractivity contribution in [2.45, 2.75) is 58.2 Å². The molecule has 1 aromatic carbocycles. The van der Waals surface area contributed by atoms with E-state index in [1.54, 1.807) is 25.4 Å². The van der Waals surface area contributed by atoms with Crippen LogP contribution in [0.15, 0.2) is 39.9 Å². The number of guanidine groups is 1. The van der Waals surface area contributed by atoms with Crippen LogP contribution in [0.4, 0.5) is 14.5 Å². The zero-order valence-electron chi connectivity index (χ0n) is 18.9. The number of anilines is 1. The third kappa shape index (κ3) is 7.49. The quantitative estimate of drug-likeness (QED) is 0.306. The predicted octanol–water partition coefficient (Wildman–Crippen LogP) is 4.53. The van der Waals surface area contributed by atoms with Gasteiger partial charge in [-0.2, -0.15) is 8.78 Å². The fourth-order valence-electron chi connectivity index (χ4n) is 3.45. The van der Waals surface area contributed by atoms with Crippen molar-refractivity contribution < 1.29 is 17.9 Å². The van der Waals surface area contributed by atoms with Crippen LogP contribution in [-0.2, 0) is 12.0 Å². The van der Waals surface area contributed by atoms with E-state index in [4.69, 9.17) is 4.42 Å². The lowest BCUT2D eigenvalue weighted by atomic mass is 9.94. The highest BCUT2D eigenvalue weighted by Crippen LogP contribution is 2.24. The van der Waals surface area contributed by atoms with Gasteiger partial charge in [-0.25, -0.2) is 4.98 Å². The molecule has 0 amide bonds. The van der Waals surface area contributed by atoms with Crippen molar-refractivity contribution in [2.24, 2.45) is 4.99 Å². The molecule has 1 saturated heterocycles. The van der Waals surface area contributed by atoms with E-state index in [9.17, 15) is 8.78 Å². The number of hydrogen-bond acceptors (Lipinski definition) is 5. The monoisotopic (exact) mass is 563 g/mol. The van der Waals surface area contributed by atoms with Gasteiger partial charge in [-0.15, -0.1) is 24.0 Å². The summed E-state index contributed by atoms with van der Waals surface area (Å²) < 4.78 is 34.9. The first kappa shape index (κ1) is 26.1. The molecule has 1 fully saturated rings. The van der Waals surface area contributed by atoms with Gasteiger partial charge in [0.2, 0.25) is 5.89 Å². The largest absolute Gasteiger partial charge is 0.443 e. The van der Waals surface area contributed by atoms with Gasteiger partial charge in [-0.3, -0.25) is 4.99 Å². The lowest BCUT2D eigenvalue weighted by Gasteiger charge is -2.35. The summed E-state index contributed by atoms with van der Waals surface area (Å²) in [6, 6.07) is 6.96. The van der Waals surface area contributed by atoms with Gasteiger partial charge in [-0.05, 0) is 37.1 Å². The number of aromatic nitrogens is 1. The minimum absolute atomic E-state index is 0. The average molecular weight is 563 g/mol. The van der Waals surface area contributed by atoms with Gasteiger partial charge < -0.3 is 24.7 Å². The number of hydrogen-bond donors (Lipinski definition) is 2. The number of nitrogens with zero attached hydrogens (tertiary/aromatic N) is 3. The van der Waals surface area contributed by atoms with Gasteiger partial charge in [0.25, 0.3) is 0 Å². The zero-order chi connectivity index (χ0) is 22.4. The summed E-state index contributed by atoms with van der Waals surface area (Å²) in [5.74, 6) is 2.31. The summed E-state index contributed by atoms with van der Waals surface area (Å²) in [6.45, 7) is 5.56. The van der Waals surface area contributed by atoms with Crippen molar-refractivity contribution in [3.63, 3.8) is 0 Å². The maximum Gasteiger partial charge on any atom is 0.387 e. The minimum atomic E-state index is -2.81. The molecule has 0 radical (unpaired) electrons. The Kier molecular flexibility index (Phi) is 9.53. The van der Waals surface area contributed by atoms with Crippen molar-refractivity contribution in [1.29, 1.82) is 0 Å². The highest BCUT2D eigenvalue weighted by atomic mass is 127. The van der Waals surface area contributed by atoms with E-state index in [0.29, 0.717) is 18.4 Å². The maximum atomic E-state index is 12.3. The lowest BCUT2D eigenvalue weighted by Crippen LogP contribution is -2.51. The van der Waals surface area contributed by atoms with Gasteiger partial charge in [0.05, 0.1) is 12.7 Å². The van der Waals surface area contributed by atoms with Crippen molar-refractivity contribution in [3.05, 3.63) is 42.1 Å². The van der Waals surface area contributed by atoms with Crippen LogP contribution >= 0.6 is 24.0 Å². The molecule has 0 bridgehead atoms. The molecule has 1 aromatic heterocycles. The molecule has 2 aromatic rings. The minimum Gasteiger partial charge on any atom is -0.443 e. The van der Waals surface area contributed by atoms with Crippen LogP contribution in [0, 0.1) is 0 Å². The third-order valence-corrected chi connectivity index (χ3v) is 5.11. The molecule has 0 aliphatic carbocycles. The highest BCUT2D eigenvalue weighted by Gasteiger charge is 2.22. The summed E-state index contributed by atoms with van der Waals surface area (Å²) in [6.07, 6.45) is 3.79. The van der Waals surface area contributed by atoms with Crippen LogP contribution in [0.3, 0.4) is 0 Å². The second kappa shape index (κ2) is 11.7. The molecule has 1 atom stereocenters. The second-order valence-corrected chi connectivity index (χ2v) is 8.60. The van der Waals surface area contributed by atoms with Gasteiger partial charge in [0.1, 0.15) is 11.5 Å². The number of benzene rings is 1. The molecule has 3 rings (SSSR count). The Bertz CT molecular complexity index is 868. The zero-order valence-corrected chi connectivity index (χ0v) is 21.2. The Morgan fingerprint density at radius 2 is 2.03 bits per heavy atom. The SMILES string of the molecule is CN=C(NCc1ncc(C(C)(C)C)o1)NC1CCCN(c2ccc(OC(F)F)cc2)C1.I. The van der Waals surface area contributed by atoms with Crippen molar-refractivity contribution in [3.8, 4) is 5.75 Å². The smallest absolute Gasteiger partial charge is 0.387 e. The fourth-order valence-corrected chi connectivity index (χ4v) is 3.45. The van der Waals surface area contributed by atoms with E-state index in [1.807, 2.05) is 12.1 Å². The Morgan fingerprint density at radius 3 is 2.62 bits per heavy atom. The number of ether oxygens (including phenoxy) is 1. The molecule has 1 unspecified atom stereocenters. The Hall–Kier alpha value is -2.11. The van der Waals surface area contributed by atoms with Crippen LogP contribution in [-0.4, -0.2) is 43.7 Å². The summed E-state index contributed by atoms with van der Waals surface area (Å²) in [7, 11) is 1.73. The standard InChI is InChI=1S/C22H31F2N5O2.HI/c1-22(2,3)18-12-26-19(31-18)13-27-21(25-4)28-15-6-5-11-29(14-15)16-7-9-17(10-8-16)30-20(23)24;/h7-10,12,15,20H,5-6,11,13-14H2,1-4H3,(H2,25,27,28);1H. The van der Waals surface area contributed by atoms with Gasteiger partial charge in [0, 0.05) is 37.3 Å². The first-order valence-corrected chi connectivity index (χ1v) is 10.5. The molecule has 32 heavy (non-hydrogen) atoms. The van der Waals surface area contributed by atoms with Crippen LogP contribution in [0.2, 0.25) is 0 Å². The molecular weight excluding hydrogens is 531 g/mol. The topological polar surface area (TPSA) is 74.9 Å². The van der Waals surface area contributed by atoms with E-state index in [0.717, 1.165) is 37.4 Å². The molecule has 0 spiro atoms. The normalized spacial score (nSPS) is 17.2. The number of aliphatic imine (C=N–C) groups is 1. The van der Waals surface area contributed by atoms with Crippen LogP contribution in [0.1, 0.15) is 45.3 Å². The van der Waals surface area contributed by atoms with Crippen molar-refractivity contribution >= 4 is 35.6 Å². The van der Waals surface area contributed by atoms with E-state index in [1.165, 1.54) is 0 Å². The molecule has 2 N–H and O–H groups in total. The van der Waals surface area contributed by atoms with Gasteiger partial charge in [0.15, 0.2) is 5.96 Å². The molecule has 1 aliphatic heterocycles. The number of alkyl halides is 2. The first-order chi connectivity index (χ1) is 14.7. The lowest BCUT2D eigenvalue weighted by molar-refractivity contribution is -0.0498. The number of piperidine rings is 1. The summed E-state index contributed by atoms with van der Waals surface area (Å²) in [5, 5.41) is 6.71. The summed E-state index contributed by atoms with van der Waals surface area (Å²) in [4.78, 5) is 10.9. The number of oxazole rings is 1. The van der Waals surface area contributed by atoms with Gasteiger partial charge in [-0.1, -0.05) is 20.8 Å². The number of halogens is 3. The molecule has 178 valence electrons. The Labute approximate surface area is 205 Å². The van der Waals surface area contributed by atoms with E-state index in [2.05, 4.69) is 51.0 Å². The highest BCUT2D eigenvalue weighted by molar-refractivity contribution is 14.0. The maximum absolute atomic E-state index is 12.3. The molecular formula is C22H32F2IN5O2. The molecule has 2 heterocycles. The van der Waals surface area contributed by atoms with Crippen LogP contribution in [0.5, 0.6) is 5.75 Å². The van der Waals surface area contributed by atoms with E-state index < -0.39 is 6.61 Å². The molecule has 0 saturated carbocycles. The average Bonchev–Trinajstić information content (AvgIpc) is 3.21. The summed E-state index contributed by atoms with van der Waals surface area (Å²) in [5.41, 5.74) is 0.895. The van der Waals surface area contributed by atoms with Crippen molar-refractivity contribution in [2.75, 3.05) is 25.0 Å². The van der Waals surface area contributed by atoms with E-state index in [-0.39, 0.29) is 41.2 Å². The Morgan fingerprint density at radius 1 is 1.31 bits per heavy atom. The fraction of sp³-hybridized carbons (Fsp3) is 0.545. The molecule has 7 nitrogen and oxygen atoms in total. The number of nitrogens with one attached hydrogen (secondary N) is 2. The Balaban J connectivity index is 0.00000363. The predicted molar refractivity (Wildman–Crippen MR) is 132 cm³/mol. The molecule has 10 heteroatoms. The van der Waals surface area contributed by atoms with Gasteiger partial charge >= 0.3 is 6.61 Å². The van der Waals surface area contributed by atoms with Crippen LogP contribution in [0.25, 0.3) is 0 Å². The summed E-state index contributed by atoms with van der Waals surface area (Å²) >= 11 is 0. The van der Waals surface area contributed by atoms with Crippen molar-refractivity contribution in [1.82, 2.24) is 15.6 Å². The third-order valence-electron chi connectivity index (χ3n) is 5.11. The van der Waals surface area contributed by atoms with E-state index >= 15 is 0 Å². The molecule has 1 aliphatic rings. The second-order valence-electron chi connectivity index (χ2n) is 8.60. The first-order valence-electron chi connectivity index (χ1n) is 10.5. The number of rotatable bonds is 6. The van der Waals surface area contributed by atoms with Crippen LogP contribution < -0.4 is 20.3 Å².